The summed E-state index contributed by atoms with van der Waals surface area (Å²) in [5, 5.41) is 0. The first-order valence-electron chi connectivity index (χ1n) is 28.0. The predicted molar refractivity (Wildman–Crippen MR) is 288 cm³/mol. The molecule has 71 heavy (non-hydrogen) atoms. The van der Waals surface area contributed by atoms with E-state index in [1.807, 2.05) is 77.4 Å². The van der Waals surface area contributed by atoms with Gasteiger partial charge in [0.25, 0.3) is 6.33 Å². The maximum absolute atomic E-state index is 8.74. The van der Waals surface area contributed by atoms with Crippen molar-refractivity contribution in [2.24, 2.45) is 0 Å². The zero-order valence-electron chi connectivity index (χ0n) is 49.0. The largest absolute Gasteiger partial charge is 3.00 e. The Morgan fingerprint density at radius 3 is 1.82 bits per heavy atom. The van der Waals surface area contributed by atoms with Gasteiger partial charge in [0.05, 0.1) is 47.3 Å². The van der Waals surface area contributed by atoms with Gasteiger partial charge in [0.1, 0.15) is 0 Å². The van der Waals surface area contributed by atoms with Gasteiger partial charge >= 0.3 is 20.1 Å². The average Bonchev–Trinajstić information content (AvgIpc) is 3.79. The Balaban J connectivity index is 0.000000198. The quantitative estimate of drug-likeness (QED) is 0.110. The Labute approximate surface area is 444 Å². The molecule has 0 aliphatic rings. The van der Waals surface area contributed by atoms with Crippen LogP contribution in [-0.2, 0) is 25.5 Å². The van der Waals surface area contributed by atoms with E-state index in [2.05, 4.69) is 117 Å². The fourth-order valence-electron chi connectivity index (χ4n) is 8.86. The van der Waals surface area contributed by atoms with Gasteiger partial charge in [-0.05, 0) is 85.9 Å². The van der Waals surface area contributed by atoms with Gasteiger partial charge in [-0.2, -0.15) is 30.3 Å². The van der Waals surface area contributed by atoms with Crippen molar-refractivity contribution in [1.29, 1.82) is 0 Å². The Morgan fingerprint density at radius 1 is 0.507 bits per heavy atom. The molecule has 0 amide bonds. The van der Waals surface area contributed by atoms with Crippen LogP contribution in [0.3, 0.4) is 0 Å². The molecule has 0 fully saturated rings. The minimum atomic E-state index is -0.488. The molecule has 0 aliphatic carbocycles. The molecule has 0 atom stereocenters. The number of fused-ring (bicyclic) bond motifs is 2. The van der Waals surface area contributed by atoms with Crippen LogP contribution >= 0.6 is 0 Å². The number of rotatable bonds is 8. The Hall–Kier alpha value is -8.21. The molecule has 0 saturated heterocycles. The average molecular weight is 1100 g/mol. The molecule has 12 rings (SSSR count). The smallest absolute Gasteiger partial charge is 0.333 e. The monoisotopic (exact) mass is 1100 g/mol. The SMILES string of the molecule is CC(C)(C)c1ccc(-n2c(-c3[c-]cccc3)nc3ccccc32)c(-c2ccccc2)c1.[2H]c1c([2H])c([2H])c(-c2ccccc2-c2cccc3c2[n+](-c2ccccc2-c2c([2H])c([2H])c([2H])c([2H])c2[2H])[c-]n3-c2[c-]cccc2)c([2H])c1[2H].[Ir+3]. The van der Waals surface area contributed by atoms with Crippen LogP contribution in [-0.4, -0.2) is 14.1 Å². The third kappa shape index (κ3) is 9.34. The third-order valence-corrected chi connectivity index (χ3v) is 12.2. The standard InChI is InChI=1S/C37H25N2.C29H25N2.Ir/c1-4-15-28(16-5-1)31-21-10-11-23-33(31)34-24-14-26-36-37(34)39(27-38(36)30-19-8-3-9-20-30)35-25-13-12-22-32(35)29-17-6-2-7-18-29;1-29(2,3)23-18-19-26(24(20-23)21-12-6-4-7-13-21)31-27-17-11-10-16-25(27)30-28(31)22-14-8-5-9-15-22;/h1-19,21-26H;4-14,16-20H,1-3H3;/q2*-1;+3/i1D,2D,4D,5D,6D,7D,15D,16D,17D,18D;;. The van der Waals surface area contributed by atoms with Crippen molar-refractivity contribution >= 4 is 22.1 Å². The Kier molecular flexibility index (Phi) is 10.3. The first-order chi connectivity index (χ1) is 38.5. The molecular weight excluding hydrogens is 1040 g/mol. The summed E-state index contributed by atoms with van der Waals surface area (Å²) in [7, 11) is 0. The summed E-state index contributed by atoms with van der Waals surface area (Å²) in [5.41, 5.74) is 12.5. The summed E-state index contributed by atoms with van der Waals surface area (Å²) in [6, 6.07) is 63.4. The van der Waals surface area contributed by atoms with Gasteiger partial charge in [-0.15, -0.1) is 35.9 Å². The van der Waals surface area contributed by atoms with Crippen molar-refractivity contribution in [3.8, 4) is 73.0 Å². The number of imidazole rings is 2. The summed E-state index contributed by atoms with van der Waals surface area (Å²) in [5.74, 6) is 0.905. The molecule has 2 aromatic heterocycles. The second-order valence-corrected chi connectivity index (χ2v) is 17.6. The first kappa shape index (κ1) is 35.8. The molecule has 12 aromatic rings. The number of aromatic nitrogens is 4. The van der Waals surface area contributed by atoms with E-state index >= 15 is 0 Å². The molecule has 342 valence electrons. The second kappa shape index (κ2) is 20.4. The molecule has 0 radical (unpaired) electrons. The van der Waals surface area contributed by atoms with Crippen LogP contribution in [0.25, 0.3) is 95.0 Å². The zero-order valence-corrected chi connectivity index (χ0v) is 41.4. The number of para-hydroxylation sites is 5. The van der Waals surface area contributed by atoms with Gasteiger partial charge in [-0.1, -0.05) is 190 Å². The van der Waals surface area contributed by atoms with Crippen LogP contribution in [0.15, 0.2) is 248 Å². The molecule has 2 heterocycles. The van der Waals surface area contributed by atoms with Crippen LogP contribution in [0.2, 0.25) is 0 Å². The predicted octanol–water partition coefficient (Wildman–Crippen LogP) is 16.0. The number of hydrogen-bond acceptors (Lipinski definition) is 1. The number of nitrogens with zero attached hydrogens (tertiary/aromatic N) is 4. The first-order valence-corrected chi connectivity index (χ1v) is 23.0. The molecular formula is C66H50IrN4+. The Bertz CT molecular complexity index is 4290. The van der Waals surface area contributed by atoms with Crippen LogP contribution in [0, 0.1) is 18.5 Å². The van der Waals surface area contributed by atoms with Crippen molar-refractivity contribution in [3.05, 3.63) is 273 Å². The van der Waals surface area contributed by atoms with Crippen LogP contribution in [0.5, 0.6) is 0 Å². The summed E-state index contributed by atoms with van der Waals surface area (Å²) in [6.45, 7) is 6.77. The molecule has 0 saturated carbocycles. The summed E-state index contributed by atoms with van der Waals surface area (Å²) in [6.07, 6.45) is 3.42. The van der Waals surface area contributed by atoms with E-state index in [9.17, 15) is 0 Å². The number of benzene rings is 10. The van der Waals surface area contributed by atoms with Gasteiger partial charge in [-0.3, -0.25) is 9.55 Å². The molecule has 0 bridgehead atoms. The molecule has 0 spiro atoms. The van der Waals surface area contributed by atoms with E-state index in [0.717, 1.165) is 28.1 Å². The van der Waals surface area contributed by atoms with E-state index < -0.39 is 36.3 Å². The van der Waals surface area contributed by atoms with E-state index in [1.165, 1.54) is 16.7 Å². The molecule has 10 aromatic carbocycles. The number of hydrogen-bond donors (Lipinski definition) is 0. The van der Waals surface area contributed by atoms with Gasteiger partial charge in [-0.25, -0.2) is 0 Å². The maximum Gasteiger partial charge on any atom is 3.00 e. The molecule has 5 heteroatoms. The molecule has 4 nitrogen and oxygen atoms in total. The maximum atomic E-state index is 8.74. The minimum absolute atomic E-state index is 0. The third-order valence-electron chi connectivity index (χ3n) is 12.2. The fourth-order valence-corrected chi connectivity index (χ4v) is 8.86. The van der Waals surface area contributed by atoms with Crippen molar-refractivity contribution in [2.45, 2.75) is 26.2 Å². The van der Waals surface area contributed by atoms with Gasteiger partial charge < -0.3 is 9.13 Å². The molecule has 0 unspecified atom stereocenters. The van der Waals surface area contributed by atoms with Crippen molar-refractivity contribution in [3.63, 3.8) is 0 Å². The van der Waals surface area contributed by atoms with Gasteiger partial charge in [0, 0.05) is 11.3 Å². The van der Waals surface area contributed by atoms with Crippen LogP contribution < -0.4 is 4.57 Å². The van der Waals surface area contributed by atoms with Crippen molar-refractivity contribution < 1.29 is 38.4 Å². The summed E-state index contributed by atoms with van der Waals surface area (Å²) in [4.78, 5) is 5.00. The topological polar surface area (TPSA) is 26.6 Å². The van der Waals surface area contributed by atoms with E-state index in [4.69, 9.17) is 18.7 Å². The zero-order chi connectivity index (χ0) is 56.1. The van der Waals surface area contributed by atoms with E-state index in [-0.39, 0.29) is 60.8 Å². The van der Waals surface area contributed by atoms with Crippen molar-refractivity contribution in [2.75, 3.05) is 0 Å². The fraction of sp³-hybridized carbons (Fsp3) is 0.0606. The summed E-state index contributed by atoms with van der Waals surface area (Å²) < 4.78 is 90.4. The molecule has 0 N–H and O–H groups in total. The van der Waals surface area contributed by atoms with Crippen LogP contribution in [0.1, 0.15) is 40.0 Å². The van der Waals surface area contributed by atoms with E-state index in [1.54, 1.807) is 47.0 Å². The minimum Gasteiger partial charge on any atom is -0.333 e. The second-order valence-electron chi connectivity index (χ2n) is 17.6. The van der Waals surface area contributed by atoms with Crippen molar-refractivity contribution in [1.82, 2.24) is 14.1 Å². The Morgan fingerprint density at radius 2 is 1.11 bits per heavy atom. The molecule has 0 aliphatic heterocycles. The van der Waals surface area contributed by atoms with Crippen LogP contribution in [0.4, 0.5) is 0 Å². The normalized spacial score (nSPS) is 13.2. The van der Waals surface area contributed by atoms with E-state index in [0.29, 0.717) is 44.7 Å². The van der Waals surface area contributed by atoms with Gasteiger partial charge in [0.2, 0.25) is 0 Å². The van der Waals surface area contributed by atoms with Gasteiger partial charge in [0.15, 0.2) is 0 Å². The summed E-state index contributed by atoms with van der Waals surface area (Å²) >= 11 is 0.